The summed E-state index contributed by atoms with van der Waals surface area (Å²) >= 11 is 21.4. The van der Waals surface area contributed by atoms with Crippen LogP contribution in [0, 0.1) is 0 Å². The molecule has 0 atom stereocenters. The summed E-state index contributed by atoms with van der Waals surface area (Å²) in [6.07, 6.45) is 0. The number of thiophene rings is 2. The maximum atomic E-state index is 6.30. The van der Waals surface area contributed by atoms with E-state index in [4.69, 9.17) is 34.8 Å². The van der Waals surface area contributed by atoms with Gasteiger partial charge in [-0.3, -0.25) is 0 Å². The average molecular weight is 678 g/mol. The molecule has 0 aliphatic heterocycles. The summed E-state index contributed by atoms with van der Waals surface area (Å²) in [5, 5.41) is 5.58. The smallest absolute Gasteiger partial charge is 0.216 e. The van der Waals surface area contributed by atoms with Gasteiger partial charge < -0.3 is 0 Å². The van der Waals surface area contributed by atoms with E-state index >= 15 is 0 Å². The van der Waals surface area contributed by atoms with Gasteiger partial charge in [-0.25, -0.2) is 19.9 Å². The Morgan fingerprint density at radius 1 is 0.444 bits per heavy atom. The minimum absolute atomic E-state index is 0.191. The minimum Gasteiger partial charge on any atom is -0.216 e. The Hall–Kier alpha value is -4.17. The van der Waals surface area contributed by atoms with E-state index in [0.29, 0.717) is 5.15 Å². The van der Waals surface area contributed by atoms with Crippen molar-refractivity contribution < 1.29 is 0 Å². The van der Waals surface area contributed by atoms with Crippen LogP contribution in [0.2, 0.25) is 15.7 Å². The fraction of sp³-hybridized carbons (Fsp3) is 0. The maximum absolute atomic E-state index is 6.30. The molecule has 9 aromatic rings. The van der Waals surface area contributed by atoms with Gasteiger partial charge in [0.25, 0.3) is 0 Å². The number of rotatable bonds is 2. The third-order valence-corrected chi connectivity index (χ3v) is 10.6. The Morgan fingerprint density at radius 3 is 1.69 bits per heavy atom. The molecule has 4 aromatic heterocycles. The van der Waals surface area contributed by atoms with Crippen LogP contribution < -0.4 is 0 Å². The fourth-order valence-corrected chi connectivity index (χ4v) is 8.32. The highest BCUT2D eigenvalue weighted by molar-refractivity contribution is 7.26. The quantitative estimate of drug-likeness (QED) is 0.135. The lowest BCUT2D eigenvalue weighted by atomic mass is 9.99. The predicted octanol–water partition coefficient (Wildman–Crippen LogP) is 12.1. The molecule has 5 aromatic carbocycles. The first-order chi connectivity index (χ1) is 22.0. The Labute approximate surface area is 280 Å². The van der Waals surface area contributed by atoms with Crippen LogP contribution in [0.15, 0.2) is 115 Å². The Balaban J connectivity index is 0.000000168. The highest BCUT2D eigenvalue weighted by Gasteiger charge is 2.15. The Morgan fingerprint density at radius 2 is 0.978 bits per heavy atom. The maximum Gasteiger partial charge on any atom is 0.224 e. The number of aromatic nitrogens is 4. The van der Waals surface area contributed by atoms with Crippen molar-refractivity contribution in [3.8, 4) is 22.4 Å². The molecule has 0 aliphatic carbocycles. The van der Waals surface area contributed by atoms with Gasteiger partial charge in [-0.15, -0.1) is 22.7 Å². The van der Waals surface area contributed by atoms with Gasteiger partial charge in [-0.1, -0.05) is 109 Å². The molecule has 4 nitrogen and oxygen atoms in total. The first kappa shape index (κ1) is 28.3. The first-order valence-electron chi connectivity index (χ1n) is 14.0. The molecule has 0 saturated carbocycles. The molecule has 9 heteroatoms. The van der Waals surface area contributed by atoms with Gasteiger partial charge in [0.1, 0.15) is 0 Å². The van der Waals surface area contributed by atoms with E-state index in [0.717, 1.165) is 47.2 Å². The van der Waals surface area contributed by atoms with Crippen molar-refractivity contribution in [2.45, 2.75) is 0 Å². The van der Waals surface area contributed by atoms with Gasteiger partial charge in [0, 0.05) is 25.7 Å². The largest absolute Gasteiger partial charge is 0.224 e. The van der Waals surface area contributed by atoms with E-state index in [9.17, 15) is 0 Å². The molecule has 0 unspecified atom stereocenters. The molecule has 0 amide bonds. The normalized spacial score (nSPS) is 11.4. The Bertz CT molecular complexity index is 2540. The molecular formula is C36H19Cl3N4S2. The molecule has 0 radical (unpaired) electrons. The van der Waals surface area contributed by atoms with Gasteiger partial charge >= 0.3 is 0 Å². The summed E-state index contributed by atoms with van der Waals surface area (Å²) < 4.78 is 4.30. The number of hydrogen-bond acceptors (Lipinski definition) is 6. The van der Waals surface area contributed by atoms with E-state index < -0.39 is 0 Å². The van der Waals surface area contributed by atoms with E-state index in [1.165, 1.54) is 26.6 Å². The third kappa shape index (κ3) is 5.29. The van der Waals surface area contributed by atoms with Gasteiger partial charge in [0.2, 0.25) is 10.6 Å². The lowest BCUT2D eigenvalue weighted by Crippen LogP contribution is -1.89. The van der Waals surface area contributed by atoms with Crippen molar-refractivity contribution in [2.75, 3.05) is 0 Å². The average Bonchev–Trinajstić information content (AvgIpc) is 3.63. The van der Waals surface area contributed by atoms with Crippen LogP contribution in [0.1, 0.15) is 0 Å². The van der Waals surface area contributed by atoms with Crippen LogP contribution in [0.5, 0.6) is 0 Å². The lowest BCUT2D eigenvalue weighted by Gasteiger charge is -2.07. The molecule has 9 rings (SSSR count). The van der Waals surface area contributed by atoms with Gasteiger partial charge in [-0.05, 0) is 63.3 Å². The summed E-state index contributed by atoms with van der Waals surface area (Å²) in [6, 6.07) is 39.8. The molecule has 0 saturated heterocycles. The molecule has 0 bridgehead atoms. The molecule has 45 heavy (non-hydrogen) atoms. The second-order valence-electron chi connectivity index (χ2n) is 10.3. The van der Waals surface area contributed by atoms with Gasteiger partial charge in [0.05, 0.1) is 26.1 Å². The van der Waals surface area contributed by atoms with Crippen LogP contribution in [-0.2, 0) is 0 Å². The van der Waals surface area contributed by atoms with E-state index in [1.807, 2.05) is 36.4 Å². The topological polar surface area (TPSA) is 51.6 Å². The summed E-state index contributed by atoms with van der Waals surface area (Å²) in [6.45, 7) is 0. The summed E-state index contributed by atoms with van der Waals surface area (Å²) in [7, 11) is 0. The zero-order valence-corrected chi connectivity index (χ0v) is 27.1. The van der Waals surface area contributed by atoms with Gasteiger partial charge in [0.15, 0.2) is 5.15 Å². The molecule has 216 valence electrons. The zero-order valence-electron chi connectivity index (χ0n) is 23.2. The van der Waals surface area contributed by atoms with Crippen LogP contribution in [0.4, 0.5) is 0 Å². The number of halogens is 3. The predicted molar refractivity (Wildman–Crippen MR) is 193 cm³/mol. The number of nitrogens with zero attached hydrogens (tertiary/aromatic N) is 4. The molecule has 0 aliphatic rings. The van der Waals surface area contributed by atoms with Crippen molar-refractivity contribution in [1.82, 2.24) is 19.9 Å². The SMILES string of the molecule is Clc1nc(-c2ccc(-c3ccc4ccccc4c3)cc2)c2sc3ccccc3c2n1.Clc1nc(Cl)c2sc3ccccc3c2n1. The van der Waals surface area contributed by atoms with Gasteiger partial charge in [-0.2, -0.15) is 0 Å². The van der Waals surface area contributed by atoms with E-state index in [1.54, 1.807) is 22.7 Å². The molecular weight excluding hydrogens is 659 g/mol. The fourth-order valence-electron chi connectivity index (χ4n) is 5.48. The van der Waals surface area contributed by atoms with E-state index in [-0.39, 0.29) is 10.6 Å². The second kappa shape index (κ2) is 11.6. The van der Waals surface area contributed by atoms with Crippen molar-refractivity contribution in [3.63, 3.8) is 0 Å². The minimum atomic E-state index is 0.191. The van der Waals surface area contributed by atoms with Crippen LogP contribution in [-0.4, -0.2) is 19.9 Å². The highest BCUT2D eigenvalue weighted by Crippen LogP contribution is 2.39. The number of hydrogen-bond donors (Lipinski definition) is 0. The van der Waals surface area contributed by atoms with Crippen molar-refractivity contribution in [3.05, 3.63) is 131 Å². The zero-order chi connectivity index (χ0) is 30.5. The van der Waals surface area contributed by atoms with Crippen LogP contribution >= 0.6 is 57.5 Å². The molecule has 0 spiro atoms. The summed E-state index contributed by atoms with van der Waals surface area (Å²) in [4.78, 5) is 17.2. The van der Waals surface area contributed by atoms with Crippen molar-refractivity contribution in [2.24, 2.45) is 0 Å². The molecule has 0 N–H and O–H groups in total. The molecule has 0 fully saturated rings. The first-order valence-corrected chi connectivity index (χ1v) is 16.7. The van der Waals surface area contributed by atoms with Crippen LogP contribution in [0.25, 0.3) is 73.8 Å². The number of fused-ring (bicyclic) bond motifs is 7. The summed E-state index contributed by atoms with van der Waals surface area (Å²) in [5.74, 6) is 0. The van der Waals surface area contributed by atoms with E-state index in [2.05, 4.69) is 98.8 Å². The Kier molecular flexibility index (Phi) is 7.32. The molecule has 4 heterocycles. The summed E-state index contributed by atoms with van der Waals surface area (Å²) in [5.41, 5.74) is 6.06. The lowest BCUT2D eigenvalue weighted by molar-refractivity contribution is 1.23. The highest BCUT2D eigenvalue weighted by atomic mass is 35.5. The second-order valence-corrected chi connectivity index (χ2v) is 13.5. The third-order valence-electron chi connectivity index (χ3n) is 7.58. The van der Waals surface area contributed by atoms with Crippen LogP contribution in [0.3, 0.4) is 0 Å². The number of benzene rings is 5. The monoisotopic (exact) mass is 676 g/mol. The standard InChI is InChI=1S/C26H15ClN2S.C10H4Cl2N2S/c27-26-28-23(25-24(29-26)21-7-3-4-8-22(21)30-25)18-12-9-17(10-13-18)20-14-11-16-5-1-2-6-19(16)15-20;11-9-8-7(13-10(12)14-9)5-3-1-2-4-6(5)15-8/h1-15H;1-4H. The van der Waals surface area contributed by atoms with Crippen molar-refractivity contribution in [1.29, 1.82) is 0 Å². The van der Waals surface area contributed by atoms with Crippen molar-refractivity contribution >= 4 is 109 Å².